The predicted octanol–water partition coefficient (Wildman–Crippen LogP) is 2.06. The molecule has 1 aromatic carbocycles. The molecule has 0 heterocycles. The third kappa shape index (κ3) is 4.18. The molecule has 0 aliphatic heterocycles. The van der Waals surface area contributed by atoms with E-state index in [9.17, 15) is 8.42 Å². The summed E-state index contributed by atoms with van der Waals surface area (Å²) in [5.74, 6) is 0. The zero-order chi connectivity index (χ0) is 15.5. The topological polar surface area (TPSA) is 84.2 Å². The van der Waals surface area contributed by atoms with Crippen molar-refractivity contribution < 1.29 is 8.42 Å². The molecule has 118 valence electrons. The van der Waals surface area contributed by atoms with Gasteiger partial charge in [-0.1, -0.05) is 26.0 Å². The van der Waals surface area contributed by atoms with Gasteiger partial charge in [0, 0.05) is 18.1 Å². The predicted molar refractivity (Wildman–Crippen MR) is 85.8 cm³/mol. The van der Waals surface area contributed by atoms with Gasteiger partial charge in [-0.15, -0.1) is 0 Å². The fourth-order valence-corrected chi connectivity index (χ4v) is 3.59. The molecule has 0 atom stereocenters. The Kier molecular flexibility index (Phi) is 4.91. The van der Waals surface area contributed by atoms with Gasteiger partial charge in [-0.25, -0.2) is 13.1 Å². The fraction of sp³-hybridized carbons (Fsp3) is 0.600. The van der Waals surface area contributed by atoms with E-state index in [1.807, 2.05) is 19.9 Å². The van der Waals surface area contributed by atoms with Crippen LogP contribution in [0.25, 0.3) is 0 Å². The first-order chi connectivity index (χ1) is 9.90. The molecule has 1 fully saturated rings. The summed E-state index contributed by atoms with van der Waals surface area (Å²) in [4.78, 5) is 0.298. The van der Waals surface area contributed by atoms with Gasteiger partial charge in [0.2, 0.25) is 10.0 Å². The SMILES string of the molecule is CCC(N)(CC)CNc1ccccc1S(=O)(=O)NC1CC1. The van der Waals surface area contributed by atoms with Crippen LogP contribution in [0.5, 0.6) is 0 Å². The first kappa shape index (κ1) is 16.3. The van der Waals surface area contributed by atoms with Crippen LogP contribution in [0.15, 0.2) is 29.2 Å². The number of anilines is 1. The molecule has 1 aromatic rings. The van der Waals surface area contributed by atoms with Gasteiger partial charge < -0.3 is 11.1 Å². The van der Waals surface area contributed by atoms with Crippen LogP contribution in [-0.4, -0.2) is 26.5 Å². The van der Waals surface area contributed by atoms with E-state index >= 15 is 0 Å². The molecule has 1 aliphatic rings. The molecule has 0 bridgehead atoms. The zero-order valence-electron chi connectivity index (χ0n) is 12.7. The van der Waals surface area contributed by atoms with E-state index in [2.05, 4.69) is 10.0 Å². The van der Waals surface area contributed by atoms with Crippen molar-refractivity contribution in [2.45, 2.75) is 56.0 Å². The highest BCUT2D eigenvalue weighted by molar-refractivity contribution is 7.89. The van der Waals surface area contributed by atoms with Crippen molar-refractivity contribution in [3.8, 4) is 0 Å². The third-order valence-corrected chi connectivity index (χ3v) is 5.69. The van der Waals surface area contributed by atoms with Crippen LogP contribution < -0.4 is 15.8 Å². The summed E-state index contributed by atoms with van der Waals surface area (Å²) in [6.07, 6.45) is 3.52. The van der Waals surface area contributed by atoms with E-state index in [-0.39, 0.29) is 11.6 Å². The Morgan fingerprint density at radius 3 is 2.43 bits per heavy atom. The summed E-state index contributed by atoms with van der Waals surface area (Å²) in [6, 6.07) is 7.08. The first-order valence-corrected chi connectivity index (χ1v) is 9.02. The standard InChI is InChI=1S/C15H25N3O2S/c1-3-15(16,4-2)11-17-13-7-5-6-8-14(13)21(19,20)18-12-9-10-12/h5-8,12,17-18H,3-4,9-11,16H2,1-2H3. The molecular formula is C15H25N3O2S. The molecule has 2 rings (SSSR count). The largest absolute Gasteiger partial charge is 0.382 e. The number of sulfonamides is 1. The number of rotatable bonds is 8. The van der Waals surface area contributed by atoms with Crippen LogP contribution in [-0.2, 0) is 10.0 Å². The lowest BCUT2D eigenvalue weighted by Gasteiger charge is -2.28. The van der Waals surface area contributed by atoms with E-state index in [0.717, 1.165) is 25.7 Å². The highest BCUT2D eigenvalue weighted by Crippen LogP contribution is 2.26. The van der Waals surface area contributed by atoms with Gasteiger partial charge >= 0.3 is 0 Å². The van der Waals surface area contributed by atoms with Gasteiger partial charge in [0.25, 0.3) is 0 Å². The molecule has 0 radical (unpaired) electrons. The monoisotopic (exact) mass is 311 g/mol. The zero-order valence-corrected chi connectivity index (χ0v) is 13.5. The van der Waals surface area contributed by atoms with Crippen molar-refractivity contribution in [1.29, 1.82) is 0 Å². The lowest BCUT2D eigenvalue weighted by Crippen LogP contribution is -2.45. The van der Waals surface area contributed by atoms with Crippen LogP contribution in [0, 0.1) is 0 Å². The van der Waals surface area contributed by atoms with E-state index in [1.165, 1.54) is 0 Å². The van der Waals surface area contributed by atoms with Crippen LogP contribution in [0.4, 0.5) is 5.69 Å². The van der Waals surface area contributed by atoms with Gasteiger partial charge in [0.05, 0.1) is 5.69 Å². The molecule has 5 nitrogen and oxygen atoms in total. The Bertz CT molecular complexity index is 578. The quantitative estimate of drug-likeness (QED) is 0.686. The van der Waals surface area contributed by atoms with Crippen molar-refractivity contribution in [2.75, 3.05) is 11.9 Å². The van der Waals surface area contributed by atoms with E-state index in [1.54, 1.807) is 18.2 Å². The first-order valence-electron chi connectivity index (χ1n) is 7.54. The summed E-state index contributed by atoms with van der Waals surface area (Å²) in [6.45, 7) is 4.64. The second-order valence-electron chi connectivity index (χ2n) is 5.81. The van der Waals surface area contributed by atoms with E-state index < -0.39 is 10.0 Å². The maximum absolute atomic E-state index is 12.4. The summed E-state index contributed by atoms with van der Waals surface area (Å²) >= 11 is 0. The molecule has 0 unspecified atom stereocenters. The molecule has 0 amide bonds. The summed E-state index contributed by atoms with van der Waals surface area (Å²) < 4.78 is 27.5. The second kappa shape index (κ2) is 6.34. The number of nitrogens with one attached hydrogen (secondary N) is 2. The van der Waals surface area contributed by atoms with Crippen molar-refractivity contribution in [3.63, 3.8) is 0 Å². The second-order valence-corrected chi connectivity index (χ2v) is 7.50. The van der Waals surface area contributed by atoms with Crippen molar-refractivity contribution in [3.05, 3.63) is 24.3 Å². The van der Waals surface area contributed by atoms with Crippen molar-refractivity contribution in [2.24, 2.45) is 5.73 Å². The molecule has 0 saturated heterocycles. The minimum atomic E-state index is -3.46. The molecule has 4 N–H and O–H groups in total. The highest BCUT2D eigenvalue weighted by Gasteiger charge is 2.29. The summed E-state index contributed by atoms with van der Waals surface area (Å²) in [5.41, 5.74) is 6.56. The minimum absolute atomic E-state index is 0.0999. The average molecular weight is 311 g/mol. The third-order valence-electron chi connectivity index (χ3n) is 4.11. The van der Waals surface area contributed by atoms with Crippen molar-refractivity contribution in [1.82, 2.24) is 4.72 Å². The number of hydrogen-bond donors (Lipinski definition) is 3. The minimum Gasteiger partial charge on any atom is -0.382 e. The van der Waals surface area contributed by atoms with Gasteiger partial charge in [-0.2, -0.15) is 0 Å². The van der Waals surface area contributed by atoms with E-state index in [4.69, 9.17) is 5.73 Å². The highest BCUT2D eigenvalue weighted by atomic mass is 32.2. The average Bonchev–Trinajstić information content (AvgIpc) is 3.28. The maximum Gasteiger partial charge on any atom is 0.242 e. The normalized spacial score (nSPS) is 16.0. The lowest BCUT2D eigenvalue weighted by atomic mass is 9.94. The van der Waals surface area contributed by atoms with Crippen LogP contribution in [0.3, 0.4) is 0 Å². The number of hydrogen-bond acceptors (Lipinski definition) is 4. The smallest absolute Gasteiger partial charge is 0.242 e. The van der Waals surface area contributed by atoms with Crippen LogP contribution in [0.1, 0.15) is 39.5 Å². The molecule has 1 aliphatic carbocycles. The number of para-hydroxylation sites is 1. The number of nitrogens with two attached hydrogens (primary N) is 1. The van der Waals surface area contributed by atoms with Crippen molar-refractivity contribution >= 4 is 15.7 Å². The van der Waals surface area contributed by atoms with Crippen LogP contribution >= 0.6 is 0 Å². The molecule has 0 spiro atoms. The maximum atomic E-state index is 12.4. The molecule has 0 aromatic heterocycles. The fourth-order valence-electron chi connectivity index (χ4n) is 2.10. The Morgan fingerprint density at radius 1 is 1.24 bits per heavy atom. The Hall–Kier alpha value is -1.11. The summed E-state index contributed by atoms with van der Waals surface area (Å²) in [5, 5.41) is 3.21. The number of benzene rings is 1. The van der Waals surface area contributed by atoms with Gasteiger partial charge in [-0.3, -0.25) is 0 Å². The molecule has 1 saturated carbocycles. The Morgan fingerprint density at radius 2 is 1.86 bits per heavy atom. The molecule has 21 heavy (non-hydrogen) atoms. The Balaban J connectivity index is 2.17. The molecule has 6 heteroatoms. The van der Waals surface area contributed by atoms with E-state index in [0.29, 0.717) is 17.1 Å². The van der Waals surface area contributed by atoms with Gasteiger partial charge in [0.1, 0.15) is 4.90 Å². The Labute approximate surface area is 127 Å². The lowest BCUT2D eigenvalue weighted by molar-refractivity contribution is 0.418. The van der Waals surface area contributed by atoms with Gasteiger partial charge in [-0.05, 0) is 37.8 Å². The molecular weight excluding hydrogens is 286 g/mol. The summed E-state index contributed by atoms with van der Waals surface area (Å²) in [7, 11) is -3.46. The van der Waals surface area contributed by atoms with Gasteiger partial charge in [0.15, 0.2) is 0 Å². The van der Waals surface area contributed by atoms with Crippen LogP contribution in [0.2, 0.25) is 0 Å².